The Hall–Kier alpha value is -7.62. The van der Waals surface area contributed by atoms with Crippen LogP contribution in [0.5, 0.6) is 0 Å². The molecule has 3 heteroatoms. The van der Waals surface area contributed by atoms with Gasteiger partial charge in [-0.3, -0.25) is 0 Å². The van der Waals surface area contributed by atoms with Crippen molar-refractivity contribution in [2.45, 2.75) is 5.92 Å². The minimum absolute atomic E-state index is 0.0537. The number of aromatic nitrogens is 3. The molecule has 9 aromatic carbocycles. The van der Waals surface area contributed by atoms with Gasteiger partial charge in [-0.1, -0.05) is 140 Å². The Labute approximate surface area is 334 Å². The van der Waals surface area contributed by atoms with Crippen LogP contribution in [0.3, 0.4) is 0 Å². The van der Waals surface area contributed by atoms with E-state index in [1.165, 1.54) is 98.9 Å². The average Bonchev–Trinajstić information content (AvgIpc) is 4.02. The van der Waals surface area contributed by atoms with Gasteiger partial charge in [-0.2, -0.15) is 0 Å². The second kappa shape index (κ2) is 11.9. The molecule has 1 atom stereocenters. The predicted molar refractivity (Wildman–Crippen MR) is 242 cm³/mol. The molecular formula is C55H35N3. The maximum atomic E-state index is 2.53. The number of rotatable bonds is 4. The molecule has 270 valence electrons. The van der Waals surface area contributed by atoms with Crippen LogP contribution in [-0.2, 0) is 0 Å². The van der Waals surface area contributed by atoms with Gasteiger partial charge in [0.05, 0.1) is 33.1 Å². The van der Waals surface area contributed by atoms with Crippen LogP contribution >= 0.6 is 0 Å². The number of nitrogens with zero attached hydrogens (tertiary/aromatic N) is 3. The van der Waals surface area contributed by atoms with Gasteiger partial charge in [0, 0.05) is 55.3 Å². The molecule has 3 aromatic heterocycles. The van der Waals surface area contributed by atoms with E-state index in [1.807, 2.05) is 0 Å². The third kappa shape index (κ3) is 4.22. The second-order valence-electron chi connectivity index (χ2n) is 15.6. The summed E-state index contributed by atoms with van der Waals surface area (Å²) in [6.45, 7) is 0. The Morgan fingerprint density at radius 1 is 0.310 bits per heavy atom. The summed E-state index contributed by atoms with van der Waals surface area (Å²) in [5.41, 5.74) is 17.5. The number of hydrogen-bond donors (Lipinski definition) is 0. The van der Waals surface area contributed by atoms with Gasteiger partial charge in [-0.05, 0) is 94.5 Å². The van der Waals surface area contributed by atoms with E-state index in [9.17, 15) is 0 Å². The fraction of sp³-hybridized carbons (Fsp3) is 0.0182. The molecule has 1 aliphatic carbocycles. The van der Waals surface area contributed by atoms with Crippen molar-refractivity contribution in [2.75, 3.05) is 0 Å². The van der Waals surface area contributed by atoms with Crippen molar-refractivity contribution >= 4 is 65.4 Å². The highest BCUT2D eigenvalue weighted by Crippen LogP contribution is 2.53. The van der Waals surface area contributed by atoms with E-state index in [0.29, 0.717) is 0 Å². The lowest BCUT2D eigenvalue weighted by molar-refractivity contribution is 1.02. The lowest BCUT2D eigenvalue weighted by Crippen LogP contribution is -2.02. The Bertz CT molecular complexity index is 3620. The lowest BCUT2D eigenvalue weighted by atomic mass is 9.87. The summed E-state index contributed by atoms with van der Waals surface area (Å²) in [6.07, 6.45) is 0. The fourth-order valence-corrected chi connectivity index (χ4v) is 10.4. The van der Waals surface area contributed by atoms with Gasteiger partial charge in [0.15, 0.2) is 0 Å². The smallest absolute Gasteiger partial charge is 0.0641 e. The molecule has 0 N–H and O–H groups in total. The first-order valence-electron chi connectivity index (χ1n) is 20.2. The highest BCUT2D eigenvalue weighted by molar-refractivity contribution is 6.26. The van der Waals surface area contributed by atoms with E-state index >= 15 is 0 Å². The molecule has 0 saturated heterocycles. The maximum Gasteiger partial charge on any atom is 0.0641 e. The van der Waals surface area contributed by atoms with Gasteiger partial charge in [-0.25, -0.2) is 0 Å². The third-order valence-electron chi connectivity index (χ3n) is 12.7. The van der Waals surface area contributed by atoms with Crippen molar-refractivity contribution in [3.63, 3.8) is 0 Å². The van der Waals surface area contributed by atoms with Gasteiger partial charge in [0.2, 0.25) is 0 Å². The Morgan fingerprint density at radius 2 is 0.845 bits per heavy atom. The molecular weight excluding hydrogens is 703 g/mol. The third-order valence-corrected chi connectivity index (χ3v) is 12.7. The monoisotopic (exact) mass is 737 g/mol. The van der Waals surface area contributed by atoms with Crippen molar-refractivity contribution in [3.05, 3.63) is 223 Å². The van der Waals surface area contributed by atoms with Crippen LogP contribution in [-0.4, -0.2) is 13.7 Å². The summed E-state index contributed by atoms with van der Waals surface area (Å²) < 4.78 is 7.39. The molecule has 0 radical (unpaired) electrons. The van der Waals surface area contributed by atoms with E-state index in [-0.39, 0.29) is 5.92 Å². The summed E-state index contributed by atoms with van der Waals surface area (Å²) in [4.78, 5) is 0. The van der Waals surface area contributed by atoms with Gasteiger partial charge >= 0.3 is 0 Å². The first-order chi connectivity index (χ1) is 28.8. The van der Waals surface area contributed by atoms with Crippen LogP contribution in [0.2, 0.25) is 0 Å². The van der Waals surface area contributed by atoms with Gasteiger partial charge in [0.25, 0.3) is 0 Å². The first kappa shape index (κ1) is 31.6. The van der Waals surface area contributed by atoms with Crippen LogP contribution in [0.25, 0.3) is 93.6 Å². The Morgan fingerprint density at radius 3 is 1.55 bits per heavy atom. The fourth-order valence-electron chi connectivity index (χ4n) is 10.4. The molecule has 0 amide bonds. The van der Waals surface area contributed by atoms with E-state index in [4.69, 9.17) is 0 Å². The zero-order valence-corrected chi connectivity index (χ0v) is 31.5. The number of benzene rings is 9. The molecule has 58 heavy (non-hydrogen) atoms. The van der Waals surface area contributed by atoms with Gasteiger partial charge in [-0.15, -0.1) is 0 Å². The van der Waals surface area contributed by atoms with E-state index < -0.39 is 0 Å². The average molecular weight is 738 g/mol. The molecule has 1 unspecified atom stereocenters. The summed E-state index contributed by atoms with van der Waals surface area (Å²) in [7, 11) is 0. The number of hydrogen-bond acceptors (Lipinski definition) is 0. The summed E-state index contributed by atoms with van der Waals surface area (Å²) in [6, 6.07) is 76.1. The predicted octanol–water partition coefficient (Wildman–Crippen LogP) is 14.1. The first-order valence-corrected chi connectivity index (χ1v) is 20.2. The van der Waals surface area contributed by atoms with Crippen molar-refractivity contribution in [2.24, 2.45) is 0 Å². The molecule has 0 saturated carbocycles. The van der Waals surface area contributed by atoms with Crippen LogP contribution < -0.4 is 0 Å². The molecule has 1 aliphatic rings. The van der Waals surface area contributed by atoms with Gasteiger partial charge in [0.1, 0.15) is 0 Å². The van der Waals surface area contributed by atoms with Gasteiger partial charge < -0.3 is 13.7 Å². The summed E-state index contributed by atoms with van der Waals surface area (Å²) in [5.74, 6) is 0.0537. The molecule has 3 nitrogen and oxygen atoms in total. The van der Waals surface area contributed by atoms with Crippen LogP contribution in [0.1, 0.15) is 22.6 Å². The molecule has 0 bridgehead atoms. The molecule has 0 fully saturated rings. The molecule has 3 heterocycles. The molecule has 13 rings (SSSR count). The van der Waals surface area contributed by atoms with Crippen molar-refractivity contribution < 1.29 is 0 Å². The normalized spacial score (nSPS) is 13.7. The van der Waals surface area contributed by atoms with E-state index in [2.05, 4.69) is 220 Å². The van der Waals surface area contributed by atoms with Crippen LogP contribution in [0, 0.1) is 0 Å². The zero-order valence-electron chi connectivity index (χ0n) is 31.5. The second-order valence-corrected chi connectivity index (χ2v) is 15.6. The van der Waals surface area contributed by atoms with Crippen LogP contribution in [0.15, 0.2) is 206 Å². The standard InChI is InChI=1S/C55H35N3/c1-3-17-36(18-4-1)56-47-28-13-10-25-44(47)52-49(56)32-30-42-39-22-7-8-24-41(39)51(54(42)52)35-16-15-21-38(34-35)58-46-27-12-9-23-40(46)43-31-33-50-53(55(43)58)45-26-11-14-29-48(45)57(50)37-19-5-2-6-20-37/h1-34,51H. The number of para-hydroxylation sites is 5. The Balaban J connectivity index is 1.11. The largest absolute Gasteiger partial charge is 0.309 e. The minimum Gasteiger partial charge on any atom is -0.309 e. The highest BCUT2D eigenvalue weighted by atomic mass is 15.0. The quantitative estimate of drug-likeness (QED) is 0.171. The minimum atomic E-state index is 0.0537. The highest BCUT2D eigenvalue weighted by Gasteiger charge is 2.34. The van der Waals surface area contributed by atoms with Crippen molar-refractivity contribution in [3.8, 4) is 28.2 Å². The molecule has 12 aromatic rings. The topological polar surface area (TPSA) is 14.8 Å². The summed E-state index contributed by atoms with van der Waals surface area (Å²) in [5, 5.41) is 7.65. The Kier molecular flexibility index (Phi) is 6.50. The number of fused-ring (bicyclic) bond motifs is 14. The van der Waals surface area contributed by atoms with E-state index in [0.717, 1.165) is 11.4 Å². The van der Waals surface area contributed by atoms with Crippen molar-refractivity contribution in [1.29, 1.82) is 0 Å². The molecule has 0 spiro atoms. The summed E-state index contributed by atoms with van der Waals surface area (Å²) >= 11 is 0. The van der Waals surface area contributed by atoms with Crippen molar-refractivity contribution in [1.82, 2.24) is 13.7 Å². The zero-order chi connectivity index (χ0) is 37.9. The maximum absolute atomic E-state index is 2.53. The van der Waals surface area contributed by atoms with E-state index in [1.54, 1.807) is 0 Å². The molecule has 0 aliphatic heterocycles. The lowest BCUT2D eigenvalue weighted by Gasteiger charge is -2.18. The van der Waals surface area contributed by atoms with Crippen LogP contribution in [0.4, 0.5) is 0 Å². The SMILES string of the molecule is c1ccc(-n2c3ccccc3c3c4c(ccc32)-c2ccccc2C4c2cccc(-n3c4ccccc4c4ccc5c(c6ccccc6n5-c5ccccc5)c43)c2)cc1.